The van der Waals surface area contributed by atoms with Crippen molar-refractivity contribution >= 4 is 40.2 Å². The van der Waals surface area contributed by atoms with E-state index in [4.69, 9.17) is 5.11 Å². The maximum absolute atomic E-state index is 13.9. The minimum absolute atomic E-state index is 0.0151. The number of ketones is 1. The Hall–Kier alpha value is -5.91. The number of rotatable bonds is 12. The van der Waals surface area contributed by atoms with E-state index in [0.29, 0.717) is 24.2 Å². The average molecular weight is 691 g/mol. The van der Waals surface area contributed by atoms with E-state index in [1.54, 1.807) is 12.2 Å². The number of allylic oxidation sites excluding steroid dienone is 5. The van der Waals surface area contributed by atoms with Crippen molar-refractivity contribution in [1.82, 2.24) is 0 Å². The van der Waals surface area contributed by atoms with Crippen molar-refractivity contribution in [3.63, 3.8) is 0 Å². The number of nitro groups is 2. The van der Waals surface area contributed by atoms with Crippen LogP contribution in [0.3, 0.4) is 0 Å². The van der Waals surface area contributed by atoms with E-state index in [1.807, 2.05) is 67.0 Å². The molecule has 3 aromatic rings. The molecular formula is C39H38N4O8. The van der Waals surface area contributed by atoms with E-state index in [0.717, 1.165) is 47.1 Å². The maximum atomic E-state index is 13.9. The van der Waals surface area contributed by atoms with E-state index in [1.165, 1.54) is 12.1 Å². The number of anilines is 1. The number of hydrogen-bond acceptors (Lipinski definition) is 8. The lowest BCUT2D eigenvalue weighted by atomic mass is 9.77. The van der Waals surface area contributed by atoms with Crippen molar-refractivity contribution in [3.05, 3.63) is 138 Å². The third kappa shape index (κ3) is 6.22. The molecule has 0 fully saturated rings. The average Bonchev–Trinajstić information content (AvgIpc) is 3.43. The number of para-hydroxylation sites is 2. The fraction of sp³-hybridized carbons (Fsp3) is 0.308. The van der Waals surface area contributed by atoms with Gasteiger partial charge in [0.25, 0.3) is 11.4 Å². The van der Waals surface area contributed by atoms with E-state index in [-0.39, 0.29) is 24.1 Å². The lowest BCUT2D eigenvalue weighted by molar-refractivity contribution is -0.455. The monoisotopic (exact) mass is 690 g/mol. The summed E-state index contributed by atoms with van der Waals surface area (Å²) in [5, 5.41) is 46.1. The Kier molecular flexibility index (Phi) is 8.96. The topological polar surface area (TPSA) is 170 Å². The van der Waals surface area contributed by atoms with Gasteiger partial charge in [-0.2, -0.15) is 4.58 Å². The zero-order valence-electron chi connectivity index (χ0n) is 28.8. The highest BCUT2D eigenvalue weighted by atomic mass is 16.6. The Morgan fingerprint density at radius 2 is 1.49 bits per heavy atom. The fourth-order valence-electron chi connectivity index (χ4n) is 7.45. The third-order valence-electron chi connectivity index (χ3n) is 10.1. The molecule has 0 saturated heterocycles. The van der Waals surface area contributed by atoms with Crippen LogP contribution >= 0.6 is 0 Å². The van der Waals surface area contributed by atoms with Crippen LogP contribution in [0.25, 0.3) is 0 Å². The Morgan fingerprint density at radius 1 is 0.863 bits per heavy atom. The number of hydrogen-bond donors (Lipinski definition) is 1. The first-order chi connectivity index (χ1) is 24.1. The van der Waals surface area contributed by atoms with Crippen LogP contribution in [0.2, 0.25) is 0 Å². The predicted molar refractivity (Wildman–Crippen MR) is 189 cm³/mol. The van der Waals surface area contributed by atoms with Crippen LogP contribution in [0, 0.1) is 20.2 Å². The number of benzene rings is 3. The van der Waals surface area contributed by atoms with Crippen LogP contribution in [0.5, 0.6) is 0 Å². The number of aliphatic carboxylic acids is 1. The van der Waals surface area contributed by atoms with Crippen LogP contribution in [0.4, 0.5) is 22.7 Å². The second-order valence-electron chi connectivity index (χ2n) is 14.1. The van der Waals surface area contributed by atoms with Crippen LogP contribution in [-0.4, -0.2) is 43.5 Å². The summed E-state index contributed by atoms with van der Waals surface area (Å²) < 4.78 is 1.85. The number of unbranched alkanes of at least 4 members (excludes halogenated alkanes) is 2. The Morgan fingerprint density at radius 3 is 2.12 bits per heavy atom. The van der Waals surface area contributed by atoms with Crippen molar-refractivity contribution in [2.75, 3.05) is 11.4 Å². The number of nitro benzene ring substituents is 2. The molecule has 3 aliphatic rings. The molecule has 0 radical (unpaired) electrons. The summed E-state index contributed by atoms with van der Waals surface area (Å²) in [7, 11) is 0. The Bertz CT molecular complexity index is 2110. The van der Waals surface area contributed by atoms with Gasteiger partial charge in [0, 0.05) is 76.3 Å². The summed E-state index contributed by atoms with van der Waals surface area (Å²) in [5.74, 6) is -1.62. The molecular weight excluding hydrogens is 652 g/mol. The van der Waals surface area contributed by atoms with Crippen molar-refractivity contribution in [2.45, 2.75) is 70.8 Å². The van der Waals surface area contributed by atoms with Crippen LogP contribution in [0.1, 0.15) is 70.1 Å². The maximum Gasteiger partial charge on any atom is 0.303 e. The molecule has 0 unspecified atom stereocenters. The van der Waals surface area contributed by atoms with Gasteiger partial charge in [0.05, 0.1) is 21.3 Å². The minimum atomic E-state index is -0.829. The first-order valence-electron chi connectivity index (χ1n) is 16.8. The molecule has 12 heteroatoms. The Balaban J connectivity index is 1.40. The van der Waals surface area contributed by atoms with Gasteiger partial charge in [-0.25, -0.2) is 0 Å². The van der Waals surface area contributed by atoms with Gasteiger partial charge in [-0.3, -0.25) is 29.8 Å². The smallest absolute Gasteiger partial charge is 0.303 e. The largest absolute Gasteiger partial charge is 0.871 e. The number of carbonyl (C=O) groups is 2. The van der Waals surface area contributed by atoms with Gasteiger partial charge < -0.3 is 15.1 Å². The molecule has 51 heavy (non-hydrogen) atoms. The number of carboxylic acids is 1. The molecule has 0 saturated carbocycles. The molecule has 3 aromatic carbocycles. The first-order valence-corrected chi connectivity index (χ1v) is 16.8. The second-order valence-corrected chi connectivity index (χ2v) is 14.1. The third-order valence-corrected chi connectivity index (χ3v) is 10.1. The molecule has 0 amide bonds. The highest BCUT2D eigenvalue weighted by Gasteiger charge is 2.46. The van der Waals surface area contributed by atoms with Gasteiger partial charge >= 0.3 is 5.97 Å². The van der Waals surface area contributed by atoms with Crippen molar-refractivity contribution in [1.29, 1.82) is 0 Å². The second kappa shape index (κ2) is 13.1. The predicted octanol–water partition coefficient (Wildman–Crippen LogP) is 6.53. The first kappa shape index (κ1) is 34.9. The molecule has 12 nitrogen and oxygen atoms in total. The van der Waals surface area contributed by atoms with Crippen molar-refractivity contribution in [2.24, 2.45) is 0 Å². The van der Waals surface area contributed by atoms with Crippen LogP contribution in [0.15, 0.2) is 101 Å². The molecule has 0 atom stereocenters. The fourth-order valence-corrected chi connectivity index (χ4v) is 7.45. The van der Waals surface area contributed by atoms with E-state index < -0.39 is 49.6 Å². The van der Waals surface area contributed by atoms with Gasteiger partial charge in [0.2, 0.25) is 5.69 Å². The SMILES string of the molecule is CC1(C)C(C=C2C(=O)C(/C=C3\N(CCCCCC(=O)O)c4ccccc4C3(C)C)=C2[O-])=[N+](Cc2cc([N+](=O)[O-])cc([N+](=O)[O-])c2)c2ccccc21. The van der Waals surface area contributed by atoms with Gasteiger partial charge in [0.1, 0.15) is 0 Å². The van der Waals surface area contributed by atoms with Crippen molar-refractivity contribution in [3.8, 4) is 0 Å². The number of nitrogens with zero attached hydrogens (tertiary/aromatic N) is 4. The summed E-state index contributed by atoms with van der Waals surface area (Å²) in [6.45, 7) is 8.65. The normalized spacial score (nSPS) is 18.7. The molecule has 1 N–H and O–H groups in total. The number of carboxylic acid groups (broad SMARTS) is 1. The molecule has 0 spiro atoms. The molecule has 2 heterocycles. The van der Waals surface area contributed by atoms with E-state index in [9.17, 15) is 34.9 Å². The number of non-ortho nitro benzene ring substituents is 2. The summed E-state index contributed by atoms with van der Waals surface area (Å²) in [6.07, 6.45) is 5.39. The zero-order chi connectivity index (χ0) is 36.8. The van der Waals surface area contributed by atoms with E-state index >= 15 is 0 Å². The molecule has 2 aliphatic heterocycles. The Labute approximate surface area is 294 Å². The van der Waals surface area contributed by atoms with Crippen LogP contribution in [-0.2, 0) is 27.0 Å². The lowest BCUT2D eigenvalue weighted by Gasteiger charge is -2.33. The standard InChI is InChI=1S/C39H38N4O8/c1-38(2)29-12-7-9-14-31(29)40(17-11-5-6-16-35(44)45)33(38)21-27-36(46)28(37(27)47)22-34-39(3,4)30-13-8-10-15-32(30)41(34)23-24-18-25(42(48)49)20-26(19-24)43(50)51/h7-10,12-15,18-22H,5-6,11,16-17,23H2,1-4H3,(H-,44,45,46,47). The molecule has 1 aliphatic carbocycles. The van der Waals surface area contributed by atoms with Gasteiger partial charge in [-0.15, -0.1) is 0 Å². The highest BCUT2D eigenvalue weighted by Crippen LogP contribution is 2.49. The molecule has 0 aromatic heterocycles. The molecule has 262 valence electrons. The lowest BCUT2D eigenvalue weighted by Crippen LogP contribution is -2.35. The highest BCUT2D eigenvalue weighted by molar-refractivity contribution is 6.24. The van der Waals surface area contributed by atoms with Gasteiger partial charge in [-0.1, -0.05) is 62.4 Å². The van der Waals surface area contributed by atoms with Gasteiger partial charge in [-0.05, 0) is 44.4 Å². The van der Waals surface area contributed by atoms with E-state index in [2.05, 4.69) is 18.7 Å². The summed E-state index contributed by atoms with van der Waals surface area (Å²) in [5.41, 5.74) is 3.55. The minimum Gasteiger partial charge on any atom is -0.871 e. The number of fused-ring (bicyclic) bond motifs is 2. The quantitative estimate of drug-likeness (QED) is 0.0730. The summed E-state index contributed by atoms with van der Waals surface area (Å²) >= 11 is 0. The number of Topliss-reactive ketones (excluding diaryl/α,β-unsaturated/α-hetero) is 1. The summed E-state index contributed by atoms with van der Waals surface area (Å²) in [6, 6.07) is 19.0. The molecule has 6 rings (SSSR count). The van der Waals surface area contributed by atoms with Gasteiger partial charge in [0.15, 0.2) is 18.0 Å². The van der Waals surface area contributed by atoms with Crippen molar-refractivity contribution < 1.29 is 34.2 Å². The summed E-state index contributed by atoms with van der Waals surface area (Å²) in [4.78, 5) is 48.9. The van der Waals surface area contributed by atoms with Crippen LogP contribution < -0.4 is 10.0 Å². The zero-order valence-corrected chi connectivity index (χ0v) is 28.8. The number of carbonyl (C=O) groups excluding carboxylic acids is 1. The molecule has 0 bridgehead atoms.